The van der Waals surface area contributed by atoms with Gasteiger partial charge in [-0.25, -0.2) is 0 Å². The standard InChI is InChI=1S/C25H27NO2/c1-20(22-10-6-3-7-11-22)26-16-17-27-25(18-26)23-12-14-24(15-13-23)28-19-21-8-4-2-5-9-21/h2-15,20,25H,16-19H2,1H3/t20-,25-/m0/s1. The van der Waals surface area contributed by atoms with Gasteiger partial charge in [0.2, 0.25) is 0 Å². The van der Waals surface area contributed by atoms with Crippen molar-refractivity contribution in [3.8, 4) is 5.75 Å². The fraction of sp³-hybridized carbons (Fsp3) is 0.280. The molecule has 0 spiro atoms. The Kier molecular flexibility index (Phi) is 6.05. The van der Waals surface area contributed by atoms with Crippen molar-refractivity contribution in [2.45, 2.75) is 25.7 Å². The maximum atomic E-state index is 6.07. The Bertz CT molecular complexity index is 849. The summed E-state index contributed by atoms with van der Waals surface area (Å²) in [6, 6.07) is 29.7. The summed E-state index contributed by atoms with van der Waals surface area (Å²) in [5, 5.41) is 0. The SMILES string of the molecule is C[C@@H](c1ccccc1)N1CCO[C@H](c2ccc(OCc3ccccc3)cc2)C1. The molecule has 0 radical (unpaired) electrons. The molecule has 1 aliphatic heterocycles. The zero-order valence-corrected chi connectivity index (χ0v) is 16.3. The lowest BCUT2D eigenvalue weighted by atomic mass is 10.0. The van der Waals surface area contributed by atoms with Gasteiger partial charge >= 0.3 is 0 Å². The van der Waals surface area contributed by atoms with Crippen molar-refractivity contribution in [1.29, 1.82) is 0 Å². The van der Waals surface area contributed by atoms with E-state index in [1.54, 1.807) is 0 Å². The third-order valence-electron chi connectivity index (χ3n) is 5.43. The lowest BCUT2D eigenvalue weighted by Gasteiger charge is -2.37. The first-order chi connectivity index (χ1) is 13.8. The molecule has 3 heteroatoms. The molecule has 0 aliphatic carbocycles. The van der Waals surface area contributed by atoms with Crippen LogP contribution < -0.4 is 4.74 Å². The van der Waals surface area contributed by atoms with E-state index in [1.165, 1.54) is 16.7 Å². The quantitative estimate of drug-likeness (QED) is 0.577. The van der Waals surface area contributed by atoms with E-state index in [0.717, 1.165) is 25.4 Å². The Morgan fingerprint density at radius 3 is 2.32 bits per heavy atom. The van der Waals surface area contributed by atoms with Crippen LogP contribution in [-0.4, -0.2) is 24.6 Å². The summed E-state index contributed by atoms with van der Waals surface area (Å²) in [5.74, 6) is 0.887. The second kappa shape index (κ2) is 9.05. The summed E-state index contributed by atoms with van der Waals surface area (Å²) >= 11 is 0. The van der Waals surface area contributed by atoms with E-state index in [1.807, 2.05) is 30.3 Å². The van der Waals surface area contributed by atoms with Gasteiger partial charge in [0.05, 0.1) is 12.7 Å². The van der Waals surface area contributed by atoms with E-state index in [9.17, 15) is 0 Å². The van der Waals surface area contributed by atoms with Crippen LogP contribution in [0.3, 0.4) is 0 Å². The molecular weight excluding hydrogens is 346 g/mol. The zero-order valence-electron chi connectivity index (χ0n) is 16.3. The van der Waals surface area contributed by atoms with Crippen molar-refractivity contribution in [3.63, 3.8) is 0 Å². The minimum absolute atomic E-state index is 0.100. The van der Waals surface area contributed by atoms with Crippen LogP contribution in [-0.2, 0) is 11.3 Å². The minimum Gasteiger partial charge on any atom is -0.489 e. The van der Waals surface area contributed by atoms with E-state index >= 15 is 0 Å². The normalized spacial score (nSPS) is 18.5. The largest absolute Gasteiger partial charge is 0.489 e. The summed E-state index contributed by atoms with van der Waals surface area (Å²) in [7, 11) is 0. The first-order valence-electron chi connectivity index (χ1n) is 9.97. The van der Waals surface area contributed by atoms with Gasteiger partial charge in [0, 0.05) is 19.1 Å². The van der Waals surface area contributed by atoms with Crippen LogP contribution in [0.25, 0.3) is 0 Å². The highest BCUT2D eigenvalue weighted by Gasteiger charge is 2.25. The fourth-order valence-corrected chi connectivity index (χ4v) is 3.68. The van der Waals surface area contributed by atoms with Gasteiger partial charge < -0.3 is 9.47 Å². The number of rotatable bonds is 6. The topological polar surface area (TPSA) is 21.7 Å². The molecule has 0 saturated carbocycles. The third kappa shape index (κ3) is 4.61. The highest BCUT2D eigenvalue weighted by Crippen LogP contribution is 2.29. The number of benzene rings is 3. The minimum atomic E-state index is 0.100. The highest BCUT2D eigenvalue weighted by atomic mass is 16.5. The van der Waals surface area contributed by atoms with Crippen LogP contribution in [0.2, 0.25) is 0 Å². The second-order valence-electron chi connectivity index (χ2n) is 7.28. The van der Waals surface area contributed by atoms with E-state index in [4.69, 9.17) is 9.47 Å². The van der Waals surface area contributed by atoms with Crippen molar-refractivity contribution >= 4 is 0 Å². The smallest absolute Gasteiger partial charge is 0.119 e. The van der Waals surface area contributed by atoms with Gasteiger partial charge in [-0.05, 0) is 35.7 Å². The molecule has 3 aromatic carbocycles. The van der Waals surface area contributed by atoms with Crippen LogP contribution >= 0.6 is 0 Å². The van der Waals surface area contributed by atoms with Gasteiger partial charge in [-0.3, -0.25) is 4.90 Å². The first kappa shape index (κ1) is 18.7. The van der Waals surface area contributed by atoms with E-state index in [2.05, 4.69) is 66.4 Å². The molecular formula is C25H27NO2. The Balaban J connectivity index is 1.37. The number of hydrogen-bond donors (Lipinski definition) is 0. The number of morpholine rings is 1. The van der Waals surface area contributed by atoms with Gasteiger partial charge in [0.1, 0.15) is 12.4 Å². The first-order valence-corrected chi connectivity index (χ1v) is 9.97. The third-order valence-corrected chi connectivity index (χ3v) is 5.43. The number of hydrogen-bond acceptors (Lipinski definition) is 3. The number of nitrogens with zero attached hydrogens (tertiary/aromatic N) is 1. The van der Waals surface area contributed by atoms with Crippen LogP contribution in [0.1, 0.15) is 35.8 Å². The summed E-state index contributed by atoms with van der Waals surface area (Å²) in [6.45, 7) is 5.49. The Morgan fingerprint density at radius 1 is 0.929 bits per heavy atom. The molecule has 1 heterocycles. The summed E-state index contributed by atoms with van der Waals surface area (Å²) < 4.78 is 12.0. The molecule has 28 heavy (non-hydrogen) atoms. The van der Waals surface area contributed by atoms with E-state index < -0.39 is 0 Å². The van der Waals surface area contributed by atoms with Gasteiger partial charge in [-0.2, -0.15) is 0 Å². The van der Waals surface area contributed by atoms with Crippen LogP contribution in [0.4, 0.5) is 0 Å². The maximum Gasteiger partial charge on any atom is 0.119 e. The zero-order chi connectivity index (χ0) is 19.2. The van der Waals surface area contributed by atoms with Crippen molar-refractivity contribution in [1.82, 2.24) is 4.90 Å². The van der Waals surface area contributed by atoms with E-state index in [-0.39, 0.29) is 6.10 Å². The van der Waals surface area contributed by atoms with Crippen molar-refractivity contribution in [2.24, 2.45) is 0 Å². The lowest BCUT2D eigenvalue weighted by molar-refractivity contribution is -0.0431. The highest BCUT2D eigenvalue weighted by molar-refractivity contribution is 5.29. The van der Waals surface area contributed by atoms with E-state index in [0.29, 0.717) is 12.6 Å². The van der Waals surface area contributed by atoms with Crippen molar-refractivity contribution in [2.75, 3.05) is 19.7 Å². The Hall–Kier alpha value is -2.62. The molecule has 0 unspecified atom stereocenters. The molecule has 0 aromatic heterocycles. The second-order valence-corrected chi connectivity index (χ2v) is 7.28. The number of ether oxygens (including phenoxy) is 2. The monoisotopic (exact) mass is 373 g/mol. The molecule has 3 nitrogen and oxygen atoms in total. The molecule has 0 amide bonds. The molecule has 3 aromatic rings. The van der Waals surface area contributed by atoms with Gasteiger partial charge in [-0.1, -0.05) is 72.8 Å². The Morgan fingerprint density at radius 2 is 1.61 bits per heavy atom. The van der Waals surface area contributed by atoms with Crippen LogP contribution in [0, 0.1) is 0 Å². The molecule has 2 atom stereocenters. The van der Waals surface area contributed by atoms with Crippen molar-refractivity contribution in [3.05, 3.63) is 102 Å². The Labute approximate surface area is 167 Å². The van der Waals surface area contributed by atoms with Crippen molar-refractivity contribution < 1.29 is 9.47 Å². The molecule has 144 valence electrons. The molecule has 1 aliphatic rings. The predicted octanol–water partition coefficient (Wildman–Crippen LogP) is 5.40. The van der Waals surface area contributed by atoms with Crippen LogP contribution in [0.15, 0.2) is 84.9 Å². The molecule has 1 saturated heterocycles. The molecule has 4 rings (SSSR count). The maximum absolute atomic E-state index is 6.07. The van der Waals surface area contributed by atoms with Gasteiger partial charge in [0.15, 0.2) is 0 Å². The lowest BCUT2D eigenvalue weighted by Crippen LogP contribution is -2.39. The average molecular weight is 373 g/mol. The average Bonchev–Trinajstić information content (AvgIpc) is 2.79. The molecule has 1 fully saturated rings. The van der Waals surface area contributed by atoms with Crippen LogP contribution in [0.5, 0.6) is 5.75 Å². The summed E-state index contributed by atoms with van der Waals surface area (Å²) in [6.07, 6.45) is 0.100. The molecule has 0 N–H and O–H groups in total. The molecule has 0 bridgehead atoms. The fourth-order valence-electron chi connectivity index (χ4n) is 3.68. The summed E-state index contributed by atoms with van der Waals surface area (Å²) in [4.78, 5) is 2.50. The van der Waals surface area contributed by atoms with Gasteiger partial charge in [0.25, 0.3) is 0 Å². The van der Waals surface area contributed by atoms with Gasteiger partial charge in [-0.15, -0.1) is 0 Å². The summed E-state index contributed by atoms with van der Waals surface area (Å²) in [5.41, 5.74) is 3.73. The predicted molar refractivity (Wildman–Crippen MR) is 112 cm³/mol.